The third-order valence-corrected chi connectivity index (χ3v) is 3.91. The molecule has 0 saturated carbocycles. The van der Waals surface area contributed by atoms with Crippen molar-refractivity contribution in [3.8, 4) is 0 Å². The Morgan fingerprint density at radius 1 is 1.29 bits per heavy atom. The van der Waals surface area contributed by atoms with Gasteiger partial charge in [-0.3, -0.25) is 4.90 Å². The summed E-state index contributed by atoms with van der Waals surface area (Å²) in [5.74, 6) is 0. The van der Waals surface area contributed by atoms with Crippen molar-refractivity contribution in [1.82, 2.24) is 0 Å². The second-order valence-corrected chi connectivity index (χ2v) is 4.78. The van der Waals surface area contributed by atoms with Gasteiger partial charge in [-0.1, -0.05) is 18.2 Å². The van der Waals surface area contributed by atoms with Crippen LogP contribution in [-0.4, -0.2) is 31.0 Å². The van der Waals surface area contributed by atoms with Gasteiger partial charge in [0.1, 0.15) is 0 Å². The zero-order valence-electron chi connectivity index (χ0n) is 9.56. The van der Waals surface area contributed by atoms with Crippen LogP contribution in [0, 0.1) is 0 Å². The highest BCUT2D eigenvalue weighted by Gasteiger charge is 2.45. The Morgan fingerprint density at radius 2 is 2.00 bits per heavy atom. The van der Waals surface area contributed by atoms with Gasteiger partial charge in [-0.05, 0) is 24.5 Å². The van der Waals surface area contributed by atoms with Crippen LogP contribution in [0.4, 0.5) is 10.5 Å². The fourth-order valence-corrected chi connectivity index (χ4v) is 2.99. The van der Waals surface area contributed by atoms with Crippen molar-refractivity contribution in [2.24, 2.45) is 0 Å². The number of amides is 1. The normalized spacial score (nSPS) is 21.5. The number of nitrogens with zero attached hydrogens (tertiary/aromatic N) is 1. The number of fused-ring (bicyclic) bond motifs is 2. The molecule has 0 radical (unpaired) electrons. The SMILES string of the molecule is O=C(O)N1CC2(CCOCC2)c2ccccc21. The summed E-state index contributed by atoms with van der Waals surface area (Å²) in [6.07, 6.45) is 0.961. The minimum absolute atomic E-state index is 0.0206. The summed E-state index contributed by atoms with van der Waals surface area (Å²) in [5.41, 5.74) is 2.00. The number of hydrogen-bond acceptors (Lipinski definition) is 2. The molecule has 0 aromatic heterocycles. The van der Waals surface area contributed by atoms with Crippen LogP contribution in [0.2, 0.25) is 0 Å². The zero-order chi connectivity index (χ0) is 11.9. The molecule has 2 heterocycles. The lowest BCUT2D eigenvalue weighted by Gasteiger charge is -2.33. The van der Waals surface area contributed by atoms with E-state index in [1.165, 1.54) is 10.5 Å². The predicted molar refractivity (Wildman–Crippen MR) is 63.5 cm³/mol. The van der Waals surface area contributed by atoms with E-state index < -0.39 is 6.09 Å². The molecule has 2 aliphatic heterocycles. The summed E-state index contributed by atoms with van der Waals surface area (Å²) in [6.45, 7) is 2.02. The molecule has 0 unspecified atom stereocenters. The van der Waals surface area contributed by atoms with Crippen LogP contribution in [0.15, 0.2) is 24.3 Å². The number of ether oxygens (including phenoxy) is 1. The molecule has 1 amide bonds. The molecule has 90 valence electrons. The third kappa shape index (κ3) is 1.52. The monoisotopic (exact) mass is 233 g/mol. The van der Waals surface area contributed by atoms with Gasteiger partial charge in [0.05, 0.1) is 5.69 Å². The van der Waals surface area contributed by atoms with E-state index in [2.05, 4.69) is 6.07 Å². The lowest BCUT2D eigenvalue weighted by atomic mass is 9.76. The van der Waals surface area contributed by atoms with Gasteiger partial charge >= 0.3 is 6.09 Å². The van der Waals surface area contributed by atoms with Gasteiger partial charge in [-0.15, -0.1) is 0 Å². The fourth-order valence-electron chi connectivity index (χ4n) is 2.99. The van der Waals surface area contributed by atoms with Crippen molar-refractivity contribution in [3.05, 3.63) is 29.8 Å². The highest BCUT2D eigenvalue weighted by atomic mass is 16.5. The van der Waals surface area contributed by atoms with Gasteiger partial charge in [0.15, 0.2) is 0 Å². The molecule has 1 fully saturated rings. The van der Waals surface area contributed by atoms with Crippen molar-refractivity contribution >= 4 is 11.8 Å². The second kappa shape index (κ2) is 3.74. The number of rotatable bonds is 0. The maximum Gasteiger partial charge on any atom is 0.411 e. The lowest BCUT2D eigenvalue weighted by Crippen LogP contribution is -2.40. The minimum Gasteiger partial charge on any atom is -0.465 e. The van der Waals surface area contributed by atoms with Crippen LogP contribution in [-0.2, 0) is 10.2 Å². The van der Waals surface area contributed by atoms with Crippen LogP contribution < -0.4 is 4.90 Å². The zero-order valence-corrected chi connectivity index (χ0v) is 9.56. The highest BCUT2D eigenvalue weighted by molar-refractivity contribution is 5.90. The number of carboxylic acid groups (broad SMARTS) is 1. The maximum absolute atomic E-state index is 11.3. The van der Waals surface area contributed by atoms with Crippen LogP contribution in [0.25, 0.3) is 0 Å². The molecule has 1 spiro atoms. The Balaban J connectivity index is 2.07. The molecule has 3 rings (SSSR count). The van der Waals surface area contributed by atoms with Crippen LogP contribution in [0.5, 0.6) is 0 Å². The van der Waals surface area contributed by atoms with Crippen molar-refractivity contribution < 1.29 is 14.6 Å². The van der Waals surface area contributed by atoms with Crippen molar-refractivity contribution in [3.63, 3.8) is 0 Å². The molecule has 0 atom stereocenters. The van der Waals surface area contributed by atoms with Crippen molar-refractivity contribution in [2.75, 3.05) is 24.7 Å². The quantitative estimate of drug-likeness (QED) is 0.747. The minimum atomic E-state index is -0.860. The molecular weight excluding hydrogens is 218 g/mol. The Kier molecular flexibility index (Phi) is 2.33. The smallest absolute Gasteiger partial charge is 0.411 e. The largest absolute Gasteiger partial charge is 0.465 e. The van der Waals surface area contributed by atoms with Crippen molar-refractivity contribution in [2.45, 2.75) is 18.3 Å². The lowest BCUT2D eigenvalue weighted by molar-refractivity contribution is 0.0552. The van der Waals surface area contributed by atoms with E-state index in [4.69, 9.17) is 4.74 Å². The number of benzene rings is 1. The number of hydrogen-bond donors (Lipinski definition) is 1. The molecule has 1 aromatic carbocycles. The molecule has 4 heteroatoms. The summed E-state index contributed by atoms with van der Waals surface area (Å²) in [4.78, 5) is 12.8. The Bertz CT molecular complexity index is 452. The summed E-state index contributed by atoms with van der Waals surface area (Å²) in [7, 11) is 0. The molecule has 0 bridgehead atoms. The van der Waals surface area contributed by atoms with E-state index >= 15 is 0 Å². The molecular formula is C13H15NO3. The Labute approximate surface area is 99.8 Å². The molecule has 4 nitrogen and oxygen atoms in total. The first kappa shape index (κ1) is 10.6. The van der Waals surface area contributed by atoms with E-state index in [0.717, 1.165) is 31.7 Å². The molecule has 1 saturated heterocycles. The summed E-state index contributed by atoms with van der Waals surface area (Å²) < 4.78 is 5.40. The van der Waals surface area contributed by atoms with Gasteiger partial charge < -0.3 is 9.84 Å². The number of anilines is 1. The van der Waals surface area contributed by atoms with E-state index in [0.29, 0.717) is 6.54 Å². The Hall–Kier alpha value is -1.55. The van der Waals surface area contributed by atoms with Gasteiger partial charge in [-0.2, -0.15) is 0 Å². The summed E-state index contributed by atoms with van der Waals surface area (Å²) in [5, 5.41) is 9.27. The van der Waals surface area contributed by atoms with Crippen LogP contribution >= 0.6 is 0 Å². The number of carbonyl (C=O) groups is 1. The van der Waals surface area contributed by atoms with Crippen LogP contribution in [0.1, 0.15) is 18.4 Å². The molecule has 17 heavy (non-hydrogen) atoms. The Morgan fingerprint density at radius 3 is 2.71 bits per heavy atom. The van der Waals surface area contributed by atoms with E-state index in [1.54, 1.807) is 0 Å². The van der Waals surface area contributed by atoms with Gasteiger partial charge in [0.2, 0.25) is 0 Å². The average molecular weight is 233 g/mol. The topological polar surface area (TPSA) is 49.8 Å². The van der Waals surface area contributed by atoms with Gasteiger partial charge in [0.25, 0.3) is 0 Å². The standard InChI is InChI=1S/C13H15NO3/c15-12(16)14-9-13(5-7-17-8-6-13)10-3-1-2-4-11(10)14/h1-4H,5-9H2,(H,15,16). The molecule has 1 N–H and O–H groups in total. The molecule has 1 aromatic rings. The third-order valence-electron chi connectivity index (χ3n) is 3.91. The average Bonchev–Trinajstić information content (AvgIpc) is 2.66. The maximum atomic E-state index is 11.3. The van der Waals surface area contributed by atoms with E-state index in [-0.39, 0.29) is 5.41 Å². The first-order valence-electron chi connectivity index (χ1n) is 5.91. The number of para-hydroxylation sites is 1. The van der Waals surface area contributed by atoms with E-state index in [1.807, 2.05) is 18.2 Å². The van der Waals surface area contributed by atoms with Crippen molar-refractivity contribution in [1.29, 1.82) is 0 Å². The van der Waals surface area contributed by atoms with E-state index in [9.17, 15) is 9.90 Å². The first-order chi connectivity index (χ1) is 8.23. The predicted octanol–water partition coefficient (Wildman–Crippen LogP) is 2.23. The summed E-state index contributed by atoms with van der Waals surface area (Å²) >= 11 is 0. The van der Waals surface area contributed by atoms with Gasteiger partial charge in [-0.25, -0.2) is 4.79 Å². The summed E-state index contributed by atoms with van der Waals surface area (Å²) in [6, 6.07) is 7.84. The molecule has 2 aliphatic rings. The molecule has 0 aliphatic carbocycles. The van der Waals surface area contributed by atoms with Crippen LogP contribution in [0.3, 0.4) is 0 Å². The van der Waals surface area contributed by atoms with Gasteiger partial charge in [0, 0.05) is 25.2 Å². The first-order valence-corrected chi connectivity index (χ1v) is 5.91. The highest BCUT2D eigenvalue weighted by Crippen LogP contribution is 2.46. The second-order valence-electron chi connectivity index (χ2n) is 4.78. The fraction of sp³-hybridized carbons (Fsp3) is 0.462.